The second-order valence-electron chi connectivity index (χ2n) is 3.85. The number of aryl methyl sites for hydroxylation is 1. The van der Waals surface area contributed by atoms with Gasteiger partial charge in [-0.15, -0.1) is 11.3 Å². The molecule has 1 aromatic carbocycles. The molecule has 1 heterocycles. The number of halogens is 1. The molecule has 2 aromatic rings. The summed E-state index contributed by atoms with van der Waals surface area (Å²) in [5.41, 5.74) is 0.997. The lowest BCUT2D eigenvalue weighted by atomic mass is 10.3. The topological polar surface area (TPSA) is 68.1 Å². The predicted octanol–water partition coefficient (Wildman–Crippen LogP) is 3.83. The van der Waals surface area contributed by atoms with Gasteiger partial charge in [0, 0.05) is 32.5 Å². The van der Waals surface area contributed by atoms with Gasteiger partial charge in [-0.05, 0) is 35.1 Å². The van der Waals surface area contributed by atoms with Crippen molar-refractivity contribution in [3.8, 4) is 0 Å². The number of aromatic nitrogens is 1. The molecular formula is C12H12IN3O2S. The van der Waals surface area contributed by atoms with Crippen LogP contribution in [0.4, 0.5) is 11.4 Å². The quantitative estimate of drug-likeness (QED) is 0.480. The standard InChI is InChI=1S/C12H12IN3O2S/c1-2-9-6-15-12(19-9)7-14-11-4-3-8(16(17)18)5-10(11)13/h3-6,14H,2,7H2,1H3. The molecule has 7 heteroatoms. The molecule has 0 bridgehead atoms. The van der Waals surface area contributed by atoms with E-state index in [1.165, 1.54) is 10.9 Å². The number of anilines is 1. The number of hydrogen-bond donors (Lipinski definition) is 1. The first-order valence-electron chi connectivity index (χ1n) is 5.71. The third kappa shape index (κ3) is 3.63. The van der Waals surface area contributed by atoms with E-state index in [0.717, 1.165) is 20.7 Å². The van der Waals surface area contributed by atoms with Crippen LogP contribution in [0.15, 0.2) is 24.4 Å². The first kappa shape index (κ1) is 14.2. The van der Waals surface area contributed by atoms with E-state index in [1.54, 1.807) is 23.5 Å². The molecule has 2 rings (SSSR count). The summed E-state index contributed by atoms with van der Waals surface area (Å²) in [5, 5.41) is 14.9. The number of nitrogens with zero attached hydrogens (tertiary/aromatic N) is 2. The number of nitrogens with one attached hydrogen (secondary N) is 1. The first-order valence-corrected chi connectivity index (χ1v) is 7.61. The highest BCUT2D eigenvalue weighted by Gasteiger charge is 2.09. The van der Waals surface area contributed by atoms with Crippen molar-refractivity contribution in [3.05, 3.63) is 48.0 Å². The Morgan fingerprint density at radius 2 is 2.32 bits per heavy atom. The number of nitro groups is 1. The molecule has 0 unspecified atom stereocenters. The normalized spacial score (nSPS) is 10.4. The molecule has 0 spiro atoms. The van der Waals surface area contributed by atoms with Crippen LogP contribution in [0.25, 0.3) is 0 Å². The molecule has 5 nitrogen and oxygen atoms in total. The number of nitro benzene ring substituents is 1. The van der Waals surface area contributed by atoms with Gasteiger partial charge >= 0.3 is 0 Å². The Hall–Kier alpha value is -1.22. The summed E-state index contributed by atoms with van der Waals surface area (Å²) < 4.78 is 0.832. The molecule has 0 saturated heterocycles. The van der Waals surface area contributed by atoms with Crippen molar-refractivity contribution >= 4 is 45.3 Å². The van der Waals surface area contributed by atoms with Gasteiger partial charge in [-0.2, -0.15) is 0 Å². The SMILES string of the molecule is CCc1cnc(CNc2ccc([N+](=O)[O-])cc2I)s1. The smallest absolute Gasteiger partial charge is 0.270 e. The summed E-state index contributed by atoms with van der Waals surface area (Å²) in [6.07, 6.45) is 2.88. The largest absolute Gasteiger partial charge is 0.378 e. The van der Waals surface area contributed by atoms with E-state index in [1.807, 2.05) is 6.20 Å². The predicted molar refractivity (Wildman–Crippen MR) is 84.6 cm³/mol. The summed E-state index contributed by atoms with van der Waals surface area (Å²) in [6, 6.07) is 4.79. The summed E-state index contributed by atoms with van der Waals surface area (Å²) in [7, 11) is 0. The van der Waals surface area contributed by atoms with Crippen molar-refractivity contribution in [1.82, 2.24) is 4.98 Å². The second kappa shape index (κ2) is 6.29. The molecule has 100 valence electrons. The van der Waals surface area contributed by atoms with Crippen LogP contribution < -0.4 is 5.32 Å². The zero-order chi connectivity index (χ0) is 13.8. The maximum atomic E-state index is 10.7. The number of benzene rings is 1. The molecule has 1 aromatic heterocycles. The Kier molecular flexibility index (Phi) is 4.70. The maximum absolute atomic E-state index is 10.7. The lowest BCUT2D eigenvalue weighted by Gasteiger charge is -2.06. The first-order chi connectivity index (χ1) is 9.10. The van der Waals surface area contributed by atoms with Crippen LogP contribution in [-0.2, 0) is 13.0 Å². The van der Waals surface area contributed by atoms with Crippen molar-refractivity contribution in [2.45, 2.75) is 19.9 Å². The Balaban J connectivity index is 2.05. The molecule has 0 aliphatic carbocycles. The molecule has 0 radical (unpaired) electrons. The second-order valence-corrected chi connectivity index (χ2v) is 6.21. The Labute approximate surface area is 128 Å². The van der Waals surface area contributed by atoms with Gasteiger partial charge in [0.1, 0.15) is 5.01 Å². The summed E-state index contributed by atoms with van der Waals surface area (Å²) in [6.45, 7) is 2.74. The monoisotopic (exact) mass is 389 g/mol. The molecule has 0 atom stereocenters. The number of thiazole rings is 1. The third-order valence-electron chi connectivity index (χ3n) is 2.54. The summed E-state index contributed by atoms with van der Waals surface area (Å²) in [4.78, 5) is 15.8. The fourth-order valence-corrected chi connectivity index (χ4v) is 3.02. The lowest BCUT2D eigenvalue weighted by Crippen LogP contribution is -2.01. The van der Waals surface area contributed by atoms with Crippen molar-refractivity contribution in [1.29, 1.82) is 0 Å². The lowest BCUT2D eigenvalue weighted by molar-refractivity contribution is -0.384. The summed E-state index contributed by atoms with van der Waals surface area (Å²) >= 11 is 3.77. The Morgan fingerprint density at radius 3 is 2.89 bits per heavy atom. The number of rotatable bonds is 5. The number of non-ortho nitro benzene ring substituents is 1. The van der Waals surface area contributed by atoms with Gasteiger partial charge in [0.15, 0.2) is 0 Å². The van der Waals surface area contributed by atoms with Gasteiger partial charge in [-0.1, -0.05) is 6.92 Å². The molecule has 0 fully saturated rings. The van der Waals surface area contributed by atoms with Gasteiger partial charge in [0.2, 0.25) is 0 Å². The molecule has 19 heavy (non-hydrogen) atoms. The average Bonchev–Trinajstić information content (AvgIpc) is 2.85. The van der Waals surface area contributed by atoms with Crippen LogP contribution in [0.1, 0.15) is 16.8 Å². The van der Waals surface area contributed by atoms with E-state index >= 15 is 0 Å². The van der Waals surface area contributed by atoms with Crippen molar-refractivity contribution in [2.75, 3.05) is 5.32 Å². The van der Waals surface area contributed by atoms with Gasteiger partial charge in [-0.3, -0.25) is 10.1 Å². The van der Waals surface area contributed by atoms with E-state index in [9.17, 15) is 10.1 Å². The van der Waals surface area contributed by atoms with Crippen molar-refractivity contribution in [3.63, 3.8) is 0 Å². The van der Waals surface area contributed by atoms with E-state index < -0.39 is 0 Å². The van der Waals surface area contributed by atoms with Crippen molar-refractivity contribution in [2.24, 2.45) is 0 Å². The fraction of sp³-hybridized carbons (Fsp3) is 0.250. The Morgan fingerprint density at radius 1 is 1.53 bits per heavy atom. The van der Waals surface area contributed by atoms with Crippen molar-refractivity contribution < 1.29 is 4.92 Å². The van der Waals surface area contributed by atoms with E-state index in [4.69, 9.17) is 0 Å². The van der Waals surface area contributed by atoms with Gasteiger partial charge in [0.25, 0.3) is 5.69 Å². The van der Waals surface area contributed by atoms with Crippen LogP contribution in [0.5, 0.6) is 0 Å². The van der Waals surface area contributed by atoms with Crippen LogP contribution in [0.3, 0.4) is 0 Å². The van der Waals surface area contributed by atoms with Gasteiger partial charge in [-0.25, -0.2) is 4.98 Å². The zero-order valence-corrected chi connectivity index (χ0v) is 13.2. The zero-order valence-electron chi connectivity index (χ0n) is 10.2. The molecule has 1 N–H and O–H groups in total. The number of hydrogen-bond acceptors (Lipinski definition) is 5. The van der Waals surface area contributed by atoms with E-state index in [0.29, 0.717) is 6.54 Å². The molecule has 0 amide bonds. The maximum Gasteiger partial charge on any atom is 0.270 e. The van der Waals surface area contributed by atoms with Crippen LogP contribution in [0, 0.1) is 13.7 Å². The van der Waals surface area contributed by atoms with Crippen LogP contribution >= 0.6 is 33.9 Å². The van der Waals surface area contributed by atoms with Gasteiger partial charge in [0.05, 0.1) is 11.5 Å². The molecule has 0 aliphatic heterocycles. The minimum atomic E-state index is -0.389. The fourth-order valence-electron chi connectivity index (χ4n) is 1.52. The molecule has 0 aliphatic rings. The summed E-state index contributed by atoms with van der Waals surface area (Å²) in [5.74, 6) is 0. The van der Waals surface area contributed by atoms with Crippen LogP contribution in [0.2, 0.25) is 0 Å². The molecule has 0 saturated carbocycles. The van der Waals surface area contributed by atoms with E-state index in [-0.39, 0.29) is 10.6 Å². The average molecular weight is 389 g/mol. The highest BCUT2D eigenvalue weighted by Crippen LogP contribution is 2.24. The minimum absolute atomic E-state index is 0.109. The highest BCUT2D eigenvalue weighted by atomic mass is 127. The minimum Gasteiger partial charge on any atom is -0.378 e. The third-order valence-corrected chi connectivity index (χ3v) is 4.58. The van der Waals surface area contributed by atoms with E-state index in [2.05, 4.69) is 39.8 Å². The highest BCUT2D eigenvalue weighted by molar-refractivity contribution is 14.1. The Bertz CT molecular complexity index is 600. The van der Waals surface area contributed by atoms with Crippen LogP contribution in [-0.4, -0.2) is 9.91 Å². The van der Waals surface area contributed by atoms with Gasteiger partial charge < -0.3 is 5.32 Å². The molecular weight excluding hydrogens is 377 g/mol.